The van der Waals surface area contributed by atoms with Crippen molar-refractivity contribution in [3.8, 4) is 0 Å². The number of carbonyl (C=O) groups is 2. The summed E-state index contributed by atoms with van der Waals surface area (Å²) in [5, 5.41) is 9.08. The molecule has 3 N–H and O–H groups in total. The summed E-state index contributed by atoms with van der Waals surface area (Å²) in [5.74, 6) is 0.916. The van der Waals surface area contributed by atoms with Gasteiger partial charge in [-0.15, -0.1) is 0 Å². The van der Waals surface area contributed by atoms with Crippen LogP contribution in [0.5, 0.6) is 0 Å². The molecule has 0 spiro atoms. The maximum atomic E-state index is 12.5. The third-order valence-electron chi connectivity index (χ3n) is 4.58. The van der Waals surface area contributed by atoms with E-state index in [0.717, 1.165) is 16.5 Å². The molecule has 0 fully saturated rings. The summed E-state index contributed by atoms with van der Waals surface area (Å²) in [7, 11) is 0. The first kappa shape index (κ1) is 19.3. The Balaban J connectivity index is 1.41. The van der Waals surface area contributed by atoms with Crippen molar-refractivity contribution in [2.24, 2.45) is 0 Å². The molecular formula is C23H21N3O4. The highest BCUT2D eigenvalue weighted by Gasteiger charge is 2.21. The Kier molecular flexibility index (Phi) is 5.80. The van der Waals surface area contributed by atoms with Crippen LogP contribution in [0.4, 0.5) is 4.79 Å². The maximum Gasteiger partial charge on any atom is 0.315 e. The Morgan fingerprint density at radius 2 is 1.70 bits per heavy atom. The SMILES string of the molecule is O=C(CNC(=O)NCc1ccco1)NC(c1ccccc1)c1cc2ccccc2o1. The zero-order chi connectivity index (χ0) is 20.8. The van der Waals surface area contributed by atoms with Gasteiger partial charge in [0, 0.05) is 5.39 Å². The van der Waals surface area contributed by atoms with Crippen molar-refractivity contribution in [1.29, 1.82) is 0 Å². The number of rotatable bonds is 7. The van der Waals surface area contributed by atoms with Gasteiger partial charge in [0.2, 0.25) is 5.91 Å². The van der Waals surface area contributed by atoms with Gasteiger partial charge in [-0.2, -0.15) is 0 Å². The third kappa shape index (κ3) is 4.70. The number of urea groups is 1. The lowest BCUT2D eigenvalue weighted by molar-refractivity contribution is -0.120. The van der Waals surface area contributed by atoms with E-state index in [1.54, 1.807) is 12.1 Å². The lowest BCUT2D eigenvalue weighted by Crippen LogP contribution is -2.42. The molecule has 0 radical (unpaired) electrons. The zero-order valence-corrected chi connectivity index (χ0v) is 16.1. The fraction of sp³-hybridized carbons (Fsp3) is 0.130. The van der Waals surface area contributed by atoms with Gasteiger partial charge in [-0.05, 0) is 29.8 Å². The first-order chi connectivity index (χ1) is 14.7. The second-order valence-corrected chi connectivity index (χ2v) is 6.71. The zero-order valence-electron chi connectivity index (χ0n) is 16.1. The van der Waals surface area contributed by atoms with Gasteiger partial charge in [-0.1, -0.05) is 48.5 Å². The summed E-state index contributed by atoms with van der Waals surface area (Å²) in [6.07, 6.45) is 1.53. The molecule has 0 aliphatic rings. The molecule has 4 aromatic rings. The Hall–Kier alpha value is -4.00. The highest BCUT2D eigenvalue weighted by atomic mass is 16.3. The lowest BCUT2D eigenvalue weighted by atomic mass is 10.0. The molecule has 1 atom stereocenters. The van der Waals surface area contributed by atoms with Gasteiger partial charge < -0.3 is 24.8 Å². The van der Waals surface area contributed by atoms with Crippen LogP contribution < -0.4 is 16.0 Å². The third-order valence-corrected chi connectivity index (χ3v) is 4.58. The van der Waals surface area contributed by atoms with Gasteiger partial charge in [0.15, 0.2) is 0 Å². The van der Waals surface area contributed by atoms with E-state index >= 15 is 0 Å². The molecule has 7 heteroatoms. The van der Waals surface area contributed by atoms with E-state index in [1.165, 1.54) is 6.26 Å². The summed E-state index contributed by atoms with van der Waals surface area (Å²) >= 11 is 0. The molecule has 2 aromatic carbocycles. The van der Waals surface area contributed by atoms with E-state index in [4.69, 9.17) is 8.83 Å². The van der Waals surface area contributed by atoms with Crippen LogP contribution in [-0.4, -0.2) is 18.5 Å². The number of nitrogens with one attached hydrogen (secondary N) is 3. The first-order valence-electron chi connectivity index (χ1n) is 9.56. The predicted octanol–water partition coefficient (Wildman–Crippen LogP) is 3.73. The molecule has 1 unspecified atom stereocenters. The number of furan rings is 2. The number of hydrogen-bond donors (Lipinski definition) is 3. The number of hydrogen-bond acceptors (Lipinski definition) is 4. The van der Waals surface area contributed by atoms with Crippen molar-refractivity contribution in [3.05, 3.63) is 96.1 Å². The molecule has 3 amide bonds. The fourth-order valence-corrected chi connectivity index (χ4v) is 3.12. The van der Waals surface area contributed by atoms with Crippen molar-refractivity contribution in [1.82, 2.24) is 16.0 Å². The second kappa shape index (κ2) is 9.00. The van der Waals surface area contributed by atoms with Crippen LogP contribution >= 0.6 is 0 Å². The molecule has 7 nitrogen and oxygen atoms in total. The molecule has 2 aromatic heterocycles. The van der Waals surface area contributed by atoms with Gasteiger partial charge in [0.25, 0.3) is 0 Å². The minimum Gasteiger partial charge on any atom is -0.467 e. The topological polar surface area (TPSA) is 96.5 Å². The number of benzene rings is 2. The van der Waals surface area contributed by atoms with Gasteiger partial charge >= 0.3 is 6.03 Å². The molecule has 152 valence electrons. The van der Waals surface area contributed by atoms with E-state index in [9.17, 15) is 9.59 Å². The summed E-state index contributed by atoms with van der Waals surface area (Å²) in [5.41, 5.74) is 1.63. The Morgan fingerprint density at radius 3 is 2.47 bits per heavy atom. The minimum atomic E-state index is -0.473. The quantitative estimate of drug-likeness (QED) is 0.438. The summed E-state index contributed by atoms with van der Waals surface area (Å²) < 4.78 is 11.1. The van der Waals surface area contributed by atoms with E-state index in [0.29, 0.717) is 11.5 Å². The van der Waals surface area contributed by atoms with Crippen LogP contribution in [-0.2, 0) is 11.3 Å². The first-order valence-corrected chi connectivity index (χ1v) is 9.56. The monoisotopic (exact) mass is 403 g/mol. The molecule has 0 aliphatic carbocycles. The summed E-state index contributed by atoms with van der Waals surface area (Å²) in [6.45, 7) is 0.0691. The van der Waals surface area contributed by atoms with E-state index in [2.05, 4.69) is 16.0 Å². The number of amides is 3. The standard InChI is InChI=1S/C23H21N3O4/c27-21(15-25-23(28)24-14-18-10-6-12-29-18)26-22(16-7-2-1-3-8-16)20-13-17-9-4-5-11-19(17)30-20/h1-13,22H,14-15H2,(H,26,27)(H2,24,25,28). The second-order valence-electron chi connectivity index (χ2n) is 6.71. The molecule has 0 saturated carbocycles. The van der Waals surface area contributed by atoms with E-state index in [-0.39, 0.29) is 19.0 Å². The van der Waals surface area contributed by atoms with Crippen molar-refractivity contribution < 1.29 is 18.4 Å². The van der Waals surface area contributed by atoms with Crippen molar-refractivity contribution in [2.75, 3.05) is 6.54 Å². The molecule has 30 heavy (non-hydrogen) atoms. The molecule has 2 heterocycles. The number of para-hydroxylation sites is 1. The van der Waals surface area contributed by atoms with Crippen LogP contribution in [0, 0.1) is 0 Å². The highest BCUT2D eigenvalue weighted by molar-refractivity contribution is 5.84. The largest absolute Gasteiger partial charge is 0.467 e. The molecule has 0 aliphatic heterocycles. The Bertz CT molecular complexity index is 1090. The van der Waals surface area contributed by atoms with Crippen molar-refractivity contribution >= 4 is 22.9 Å². The normalized spacial score (nSPS) is 11.7. The van der Waals surface area contributed by atoms with E-state index in [1.807, 2.05) is 60.7 Å². The van der Waals surface area contributed by atoms with Crippen LogP contribution in [0.25, 0.3) is 11.0 Å². The van der Waals surface area contributed by atoms with Gasteiger partial charge in [-0.25, -0.2) is 4.79 Å². The Morgan fingerprint density at radius 1 is 0.900 bits per heavy atom. The molecule has 0 bridgehead atoms. The van der Waals surface area contributed by atoms with Gasteiger partial charge in [-0.3, -0.25) is 4.79 Å². The average Bonchev–Trinajstić information content (AvgIpc) is 3.44. The lowest BCUT2D eigenvalue weighted by Gasteiger charge is -2.17. The fourth-order valence-electron chi connectivity index (χ4n) is 3.12. The van der Waals surface area contributed by atoms with Crippen LogP contribution in [0.3, 0.4) is 0 Å². The maximum absolute atomic E-state index is 12.5. The van der Waals surface area contributed by atoms with Crippen LogP contribution in [0.2, 0.25) is 0 Å². The Labute approximate surface area is 173 Å². The summed E-state index contributed by atoms with van der Waals surface area (Å²) in [6, 6.07) is 21.7. The number of fused-ring (bicyclic) bond motifs is 1. The molecule has 4 rings (SSSR count). The smallest absolute Gasteiger partial charge is 0.315 e. The average molecular weight is 403 g/mol. The van der Waals surface area contributed by atoms with Crippen molar-refractivity contribution in [2.45, 2.75) is 12.6 Å². The van der Waals surface area contributed by atoms with Crippen LogP contribution in [0.15, 0.2) is 87.9 Å². The highest BCUT2D eigenvalue weighted by Crippen LogP contribution is 2.28. The van der Waals surface area contributed by atoms with Crippen LogP contribution in [0.1, 0.15) is 23.1 Å². The number of carbonyl (C=O) groups excluding carboxylic acids is 2. The van der Waals surface area contributed by atoms with E-state index < -0.39 is 12.1 Å². The molecular weight excluding hydrogens is 382 g/mol. The predicted molar refractivity (Wildman–Crippen MR) is 112 cm³/mol. The summed E-state index contributed by atoms with van der Waals surface area (Å²) in [4.78, 5) is 24.5. The van der Waals surface area contributed by atoms with Gasteiger partial charge in [0.05, 0.1) is 19.4 Å². The van der Waals surface area contributed by atoms with Crippen molar-refractivity contribution in [3.63, 3.8) is 0 Å². The minimum absolute atomic E-state index is 0.173. The van der Waals surface area contributed by atoms with Gasteiger partial charge in [0.1, 0.15) is 23.1 Å². The molecule has 0 saturated heterocycles.